The Kier molecular flexibility index (Phi) is 5.55. The van der Waals surface area contributed by atoms with Gasteiger partial charge in [-0.3, -0.25) is 4.79 Å². The van der Waals surface area contributed by atoms with Crippen molar-refractivity contribution in [1.29, 1.82) is 0 Å². The zero-order valence-electron chi connectivity index (χ0n) is 12.5. The number of ether oxygens (including phenoxy) is 1. The van der Waals surface area contributed by atoms with E-state index in [0.29, 0.717) is 12.3 Å². The first-order valence-corrected chi connectivity index (χ1v) is 7.62. The van der Waals surface area contributed by atoms with Gasteiger partial charge in [0.2, 0.25) is 0 Å². The van der Waals surface area contributed by atoms with E-state index in [1.165, 1.54) is 17.0 Å². The molecule has 116 valence electrons. The second-order valence-electron chi connectivity index (χ2n) is 5.10. The zero-order chi connectivity index (χ0) is 16.1. The number of nitrogens with zero attached hydrogens (tertiary/aromatic N) is 1. The van der Waals surface area contributed by atoms with Crippen molar-refractivity contribution < 1.29 is 13.9 Å². The van der Waals surface area contributed by atoms with Crippen molar-refractivity contribution in [1.82, 2.24) is 4.90 Å². The average molecular weight is 366 g/mol. The first-order valence-electron chi connectivity index (χ1n) is 6.83. The molecule has 0 N–H and O–H groups in total. The number of hydrogen-bond donors (Lipinski definition) is 0. The van der Waals surface area contributed by atoms with Gasteiger partial charge in [0.1, 0.15) is 11.6 Å². The summed E-state index contributed by atoms with van der Waals surface area (Å²) in [6, 6.07) is 11.9. The average Bonchev–Trinajstić information content (AvgIpc) is 2.46. The number of carbonyl (C=O) groups excluding carboxylic acids is 1. The molecule has 1 amide bonds. The van der Waals surface area contributed by atoms with Gasteiger partial charge in [-0.15, -0.1) is 0 Å². The summed E-state index contributed by atoms with van der Waals surface area (Å²) in [4.78, 5) is 13.6. The van der Waals surface area contributed by atoms with E-state index in [2.05, 4.69) is 15.9 Å². The maximum atomic E-state index is 13.1. The molecule has 22 heavy (non-hydrogen) atoms. The fourth-order valence-corrected chi connectivity index (χ4v) is 2.58. The molecule has 0 aliphatic rings. The first-order chi connectivity index (χ1) is 10.5. The Hall–Kier alpha value is -1.88. The molecule has 0 atom stereocenters. The lowest BCUT2D eigenvalue weighted by Crippen LogP contribution is -2.31. The number of halogens is 2. The van der Waals surface area contributed by atoms with Gasteiger partial charge in [-0.2, -0.15) is 0 Å². The van der Waals surface area contributed by atoms with E-state index in [9.17, 15) is 9.18 Å². The molecule has 2 aromatic carbocycles. The maximum Gasteiger partial charge on any atom is 0.260 e. The normalized spacial score (nSPS) is 10.4. The summed E-state index contributed by atoms with van der Waals surface area (Å²) in [6.07, 6.45) is 0. The van der Waals surface area contributed by atoms with Gasteiger partial charge < -0.3 is 9.64 Å². The van der Waals surface area contributed by atoms with Crippen molar-refractivity contribution in [2.75, 3.05) is 13.7 Å². The third kappa shape index (κ3) is 4.56. The van der Waals surface area contributed by atoms with Crippen molar-refractivity contribution in [3.8, 4) is 5.75 Å². The van der Waals surface area contributed by atoms with Gasteiger partial charge in [0.25, 0.3) is 5.91 Å². The highest BCUT2D eigenvalue weighted by Gasteiger charge is 2.11. The summed E-state index contributed by atoms with van der Waals surface area (Å²) < 4.78 is 19.5. The quantitative estimate of drug-likeness (QED) is 0.803. The molecule has 2 rings (SSSR count). The van der Waals surface area contributed by atoms with Crippen LogP contribution in [-0.4, -0.2) is 24.5 Å². The molecule has 0 aromatic heterocycles. The van der Waals surface area contributed by atoms with Gasteiger partial charge in [0, 0.05) is 13.6 Å². The number of benzene rings is 2. The Morgan fingerprint density at radius 1 is 1.27 bits per heavy atom. The lowest BCUT2D eigenvalue weighted by Gasteiger charge is -2.18. The molecular weight excluding hydrogens is 349 g/mol. The molecule has 0 bridgehead atoms. The highest BCUT2D eigenvalue weighted by Crippen LogP contribution is 2.25. The van der Waals surface area contributed by atoms with E-state index < -0.39 is 0 Å². The molecule has 0 unspecified atom stereocenters. The number of aryl methyl sites for hydroxylation is 1. The van der Waals surface area contributed by atoms with Gasteiger partial charge in [-0.05, 0) is 58.2 Å². The summed E-state index contributed by atoms with van der Waals surface area (Å²) in [6.45, 7) is 2.26. The number of carbonyl (C=O) groups is 1. The number of likely N-dealkylation sites (N-methyl/N-ethyl adjacent to an activating group) is 1. The van der Waals surface area contributed by atoms with Crippen LogP contribution in [0.25, 0.3) is 0 Å². The molecular formula is C17H17BrFNO2. The molecule has 5 heteroatoms. The van der Waals surface area contributed by atoms with Crippen LogP contribution in [0.5, 0.6) is 5.75 Å². The van der Waals surface area contributed by atoms with Crippen LogP contribution in [0, 0.1) is 12.7 Å². The molecule has 2 aromatic rings. The van der Waals surface area contributed by atoms with E-state index in [0.717, 1.165) is 15.6 Å². The maximum absolute atomic E-state index is 13.1. The molecule has 0 saturated carbocycles. The van der Waals surface area contributed by atoms with Crippen LogP contribution in [-0.2, 0) is 11.3 Å². The van der Waals surface area contributed by atoms with E-state index in [-0.39, 0.29) is 18.3 Å². The van der Waals surface area contributed by atoms with E-state index >= 15 is 0 Å². The molecule has 0 radical (unpaired) electrons. The molecule has 0 spiro atoms. The van der Waals surface area contributed by atoms with Crippen molar-refractivity contribution in [2.45, 2.75) is 13.5 Å². The Morgan fingerprint density at radius 2 is 2.05 bits per heavy atom. The Morgan fingerprint density at radius 3 is 2.73 bits per heavy atom. The van der Waals surface area contributed by atoms with Gasteiger partial charge in [-0.25, -0.2) is 4.39 Å². The second-order valence-corrected chi connectivity index (χ2v) is 5.96. The van der Waals surface area contributed by atoms with Gasteiger partial charge in [-0.1, -0.05) is 18.2 Å². The van der Waals surface area contributed by atoms with Crippen LogP contribution in [0.15, 0.2) is 46.9 Å². The Bertz CT molecular complexity index is 675. The lowest BCUT2D eigenvalue weighted by molar-refractivity contribution is -0.132. The largest absolute Gasteiger partial charge is 0.483 e. The molecule has 0 fully saturated rings. The van der Waals surface area contributed by atoms with Crippen molar-refractivity contribution in [3.63, 3.8) is 0 Å². The Labute approximate surface area is 137 Å². The Balaban J connectivity index is 1.91. The highest BCUT2D eigenvalue weighted by atomic mass is 79.9. The van der Waals surface area contributed by atoms with Crippen LogP contribution in [0.1, 0.15) is 11.1 Å². The summed E-state index contributed by atoms with van der Waals surface area (Å²) in [5.74, 6) is 0.146. The van der Waals surface area contributed by atoms with E-state index in [1.54, 1.807) is 19.2 Å². The van der Waals surface area contributed by atoms with Crippen molar-refractivity contribution in [3.05, 3.63) is 63.9 Å². The summed E-state index contributed by atoms with van der Waals surface area (Å²) in [5.41, 5.74) is 1.85. The molecule has 0 saturated heterocycles. The van der Waals surface area contributed by atoms with Gasteiger partial charge in [0.05, 0.1) is 4.47 Å². The highest BCUT2D eigenvalue weighted by molar-refractivity contribution is 9.10. The van der Waals surface area contributed by atoms with Gasteiger partial charge in [0.15, 0.2) is 6.61 Å². The van der Waals surface area contributed by atoms with Crippen molar-refractivity contribution >= 4 is 21.8 Å². The molecule has 0 aliphatic heterocycles. The van der Waals surface area contributed by atoms with Crippen molar-refractivity contribution in [2.24, 2.45) is 0 Å². The minimum Gasteiger partial charge on any atom is -0.483 e. The molecule has 3 nitrogen and oxygen atoms in total. The second kappa shape index (κ2) is 7.40. The first kappa shape index (κ1) is 16.5. The summed E-state index contributed by atoms with van der Waals surface area (Å²) in [7, 11) is 1.67. The minimum absolute atomic E-state index is 0.0620. The fraction of sp³-hybridized carbons (Fsp3) is 0.235. The zero-order valence-corrected chi connectivity index (χ0v) is 14.1. The van der Waals surface area contributed by atoms with Crippen LogP contribution < -0.4 is 4.74 Å². The smallest absolute Gasteiger partial charge is 0.260 e. The molecule has 0 aliphatic carbocycles. The lowest BCUT2D eigenvalue weighted by atomic mass is 10.2. The van der Waals surface area contributed by atoms with E-state index in [4.69, 9.17) is 4.74 Å². The van der Waals surface area contributed by atoms with Crippen LogP contribution in [0.3, 0.4) is 0 Å². The fourth-order valence-electron chi connectivity index (χ4n) is 1.97. The third-order valence-electron chi connectivity index (χ3n) is 3.17. The SMILES string of the molecule is Cc1ccc(OCC(=O)N(C)Cc2cccc(F)c2)c(Br)c1. The predicted octanol–water partition coefficient (Wildman–Crippen LogP) is 3.93. The molecule has 0 heterocycles. The predicted molar refractivity (Wildman–Crippen MR) is 87.2 cm³/mol. The standard InChI is InChI=1S/C17H17BrFNO2/c1-12-6-7-16(15(18)8-12)22-11-17(21)20(2)10-13-4-3-5-14(19)9-13/h3-9H,10-11H2,1-2H3. The van der Waals surface area contributed by atoms with Gasteiger partial charge >= 0.3 is 0 Å². The summed E-state index contributed by atoms with van der Waals surface area (Å²) >= 11 is 3.40. The van der Waals surface area contributed by atoms with Crippen LogP contribution in [0.2, 0.25) is 0 Å². The number of hydrogen-bond acceptors (Lipinski definition) is 2. The third-order valence-corrected chi connectivity index (χ3v) is 3.79. The van der Waals surface area contributed by atoms with Crippen LogP contribution in [0.4, 0.5) is 4.39 Å². The topological polar surface area (TPSA) is 29.5 Å². The van der Waals surface area contributed by atoms with E-state index in [1.807, 2.05) is 25.1 Å². The minimum atomic E-state index is -0.307. The number of amides is 1. The number of rotatable bonds is 5. The van der Waals surface area contributed by atoms with Crippen LogP contribution >= 0.6 is 15.9 Å². The monoisotopic (exact) mass is 365 g/mol. The summed E-state index contributed by atoms with van der Waals surface area (Å²) in [5, 5.41) is 0.